The van der Waals surface area contributed by atoms with Gasteiger partial charge in [0, 0.05) is 23.7 Å². The summed E-state index contributed by atoms with van der Waals surface area (Å²) in [6, 6.07) is 17.7. The molecule has 1 aliphatic heterocycles. The predicted octanol–water partition coefficient (Wildman–Crippen LogP) is 4.18. The Morgan fingerprint density at radius 2 is 2.15 bits per heavy atom. The molecule has 6 heteroatoms. The van der Waals surface area contributed by atoms with Crippen LogP contribution in [-0.2, 0) is 11.3 Å². The molecule has 0 saturated carbocycles. The van der Waals surface area contributed by atoms with Gasteiger partial charge in [0.15, 0.2) is 0 Å². The largest absolute Gasteiger partial charge is 0.378 e. The molecule has 1 aromatic heterocycles. The molecule has 1 unspecified atom stereocenters. The van der Waals surface area contributed by atoms with Gasteiger partial charge in [0.2, 0.25) is 0 Å². The molecule has 2 aromatic carbocycles. The van der Waals surface area contributed by atoms with Crippen molar-refractivity contribution in [2.75, 3.05) is 19.8 Å². The molecule has 1 atom stereocenters. The summed E-state index contributed by atoms with van der Waals surface area (Å²) in [6.07, 6.45) is 1.84. The van der Waals surface area contributed by atoms with Gasteiger partial charge in [0.25, 0.3) is 0 Å². The highest BCUT2D eigenvalue weighted by Crippen LogP contribution is 2.27. The molecule has 0 bridgehead atoms. The van der Waals surface area contributed by atoms with E-state index < -0.39 is 0 Å². The van der Waals surface area contributed by atoms with Crippen molar-refractivity contribution in [2.45, 2.75) is 12.6 Å². The van der Waals surface area contributed by atoms with Gasteiger partial charge in [-0.3, -0.25) is 4.90 Å². The van der Waals surface area contributed by atoms with Crippen LogP contribution in [0.25, 0.3) is 11.3 Å². The summed E-state index contributed by atoms with van der Waals surface area (Å²) in [4.78, 5) is 10.4. The minimum atomic E-state index is 0.0393. The smallest absolute Gasteiger partial charge is 0.126 e. The number of H-pyrrole nitrogens is 1. The zero-order chi connectivity index (χ0) is 18.6. The SMILES string of the molecule is N#Cc1cccc(CN2CCOCC2c2ncc(-c3cccc(Cl)c3)[nH]2)c1. The highest BCUT2D eigenvalue weighted by molar-refractivity contribution is 6.30. The molecular weight excluding hydrogens is 360 g/mol. The number of ether oxygens (including phenoxy) is 1. The van der Waals surface area contributed by atoms with Crippen molar-refractivity contribution in [3.8, 4) is 17.3 Å². The number of nitrogens with one attached hydrogen (secondary N) is 1. The highest BCUT2D eigenvalue weighted by atomic mass is 35.5. The molecule has 1 saturated heterocycles. The monoisotopic (exact) mass is 378 g/mol. The first kappa shape index (κ1) is 17.7. The molecule has 136 valence electrons. The molecule has 5 nitrogen and oxygen atoms in total. The van der Waals surface area contributed by atoms with Gasteiger partial charge in [-0.25, -0.2) is 4.98 Å². The second kappa shape index (κ2) is 7.93. The second-order valence-electron chi connectivity index (χ2n) is 6.57. The van der Waals surface area contributed by atoms with Gasteiger partial charge in [-0.2, -0.15) is 5.26 Å². The van der Waals surface area contributed by atoms with Gasteiger partial charge in [-0.1, -0.05) is 35.9 Å². The normalized spacial score (nSPS) is 17.6. The lowest BCUT2D eigenvalue weighted by Gasteiger charge is -2.34. The highest BCUT2D eigenvalue weighted by Gasteiger charge is 2.27. The maximum Gasteiger partial charge on any atom is 0.126 e. The number of benzene rings is 2. The summed E-state index contributed by atoms with van der Waals surface area (Å²) in [6.45, 7) is 2.84. The fraction of sp³-hybridized carbons (Fsp3) is 0.238. The molecule has 1 fully saturated rings. The van der Waals surface area contributed by atoms with Gasteiger partial charge < -0.3 is 9.72 Å². The van der Waals surface area contributed by atoms with E-state index in [0.29, 0.717) is 23.8 Å². The number of morpholine rings is 1. The lowest BCUT2D eigenvalue weighted by molar-refractivity contribution is -0.0156. The van der Waals surface area contributed by atoms with Crippen molar-refractivity contribution in [1.82, 2.24) is 14.9 Å². The summed E-state index contributed by atoms with van der Waals surface area (Å²) in [7, 11) is 0. The molecule has 0 amide bonds. The van der Waals surface area contributed by atoms with Crippen molar-refractivity contribution in [3.63, 3.8) is 0 Å². The Bertz CT molecular complexity index is 978. The number of halogens is 1. The minimum Gasteiger partial charge on any atom is -0.378 e. The van der Waals surface area contributed by atoms with E-state index in [1.54, 1.807) is 0 Å². The van der Waals surface area contributed by atoms with Gasteiger partial charge in [0.1, 0.15) is 5.82 Å². The van der Waals surface area contributed by atoms with Crippen LogP contribution in [0, 0.1) is 11.3 Å². The summed E-state index contributed by atoms with van der Waals surface area (Å²) >= 11 is 6.10. The molecule has 0 spiro atoms. The maximum atomic E-state index is 9.12. The quantitative estimate of drug-likeness (QED) is 0.739. The van der Waals surface area contributed by atoms with Crippen LogP contribution in [0.15, 0.2) is 54.7 Å². The predicted molar refractivity (Wildman–Crippen MR) is 104 cm³/mol. The summed E-state index contributed by atoms with van der Waals surface area (Å²) < 4.78 is 5.71. The third-order valence-corrected chi connectivity index (χ3v) is 4.96. The molecule has 4 rings (SSSR count). The Morgan fingerprint density at radius 3 is 3.00 bits per heavy atom. The van der Waals surface area contributed by atoms with Crippen LogP contribution in [0.3, 0.4) is 0 Å². The molecule has 0 radical (unpaired) electrons. The van der Waals surface area contributed by atoms with E-state index >= 15 is 0 Å². The van der Waals surface area contributed by atoms with Crippen LogP contribution in [0.5, 0.6) is 0 Å². The first-order chi connectivity index (χ1) is 13.2. The number of aromatic amines is 1. The molecular formula is C21H19ClN4O. The average molecular weight is 379 g/mol. The van der Waals surface area contributed by atoms with E-state index in [0.717, 1.165) is 35.7 Å². The van der Waals surface area contributed by atoms with Crippen LogP contribution < -0.4 is 0 Å². The number of hydrogen-bond acceptors (Lipinski definition) is 4. The van der Waals surface area contributed by atoms with E-state index in [-0.39, 0.29) is 6.04 Å². The molecule has 2 heterocycles. The number of nitriles is 1. The van der Waals surface area contributed by atoms with Crippen molar-refractivity contribution in [2.24, 2.45) is 0 Å². The van der Waals surface area contributed by atoms with E-state index in [1.807, 2.05) is 54.7 Å². The average Bonchev–Trinajstić information content (AvgIpc) is 3.19. The van der Waals surface area contributed by atoms with Crippen LogP contribution in [-0.4, -0.2) is 34.6 Å². The number of imidazole rings is 1. The minimum absolute atomic E-state index is 0.0393. The number of aromatic nitrogens is 2. The van der Waals surface area contributed by atoms with Crippen LogP contribution in [0.1, 0.15) is 23.0 Å². The maximum absolute atomic E-state index is 9.12. The standard InChI is InChI=1S/C21H19ClN4O/c22-18-6-2-5-17(10-18)19-12-24-21(25-19)20-14-27-8-7-26(20)13-16-4-1-3-15(9-16)11-23/h1-6,9-10,12,20H,7-8,13-14H2,(H,24,25). The fourth-order valence-electron chi connectivity index (χ4n) is 3.36. The van der Waals surface area contributed by atoms with E-state index in [1.165, 1.54) is 0 Å². The van der Waals surface area contributed by atoms with E-state index in [4.69, 9.17) is 21.6 Å². The first-order valence-corrected chi connectivity index (χ1v) is 9.22. The molecule has 0 aliphatic carbocycles. The Kier molecular flexibility index (Phi) is 5.21. The van der Waals surface area contributed by atoms with Gasteiger partial charge in [0.05, 0.1) is 42.8 Å². The second-order valence-corrected chi connectivity index (χ2v) is 7.00. The Balaban J connectivity index is 1.57. The zero-order valence-electron chi connectivity index (χ0n) is 14.7. The summed E-state index contributed by atoms with van der Waals surface area (Å²) in [5.41, 5.74) is 3.73. The van der Waals surface area contributed by atoms with Crippen molar-refractivity contribution in [1.29, 1.82) is 5.26 Å². The number of hydrogen-bond donors (Lipinski definition) is 1. The lowest BCUT2D eigenvalue weighted by Crippen LogP contribution is -2.39. The summed E-state index contributed by atoms with van der Waals surface area (Å²) in [5, 5.41) is 9.82. The fourth-order valence-corrected chi connectivity index (χ4v) is 3.55. The molecule has 27 heavy (non-hydrogen) atoms. The van der Waals surface area contributed by atoms with E-state index in [9.17, 15) is 0 Å². The van der Waals surface area contributed by atoms with Crippen LogP contribution in [0.4, 0.5) is 0 Å². The third-order valence-electron chi connectivity index (χ3n) is 4.73. The van der Waals surface area contributed by atoms with Crippen molar-refractivity contribution >= 4 is 11.6 Å². The molecule has 1 aliphatic rings. The van der Waals surface area contributed by atoms with Gasteiger partial charge >= 0.3 is 0 Å². The van der Waals surface area contributed by atoms with Crippen LogP contribution in [0.2, 0.25) is 5.02 Å². The number of rotatable bonds is 4. The third kappa shape index (κ3) is 4.04. The number of nitrogens with zero attached hydrogens (tertiary/aromatic N) is 3. The van der Waals surface area contributed by atoms with E-state index in [2.05, 4.69) is 20.9 Å². The summed E-state index contributed by atoms with van der Waals surface area (Å²) in [5.74, 6) is 0.876. The lowest BCUT2D eigenvalue weighted by atomic mass is 10.1. The Labute approximate surface area is 163 Å². The van der Waals surface area contributed by atoms with Crippen LogP contribution >= 0.6 is 11.6 Å². The topological polar surface area (TPSA) is 64.9 Å². The first-order valence-electron chi connectivity index (χ1n) is 8.84. The Hall–Kier alpha value is -2.65. The zero-order valence-corrected chi connectivity index (χ0v) is 15.5. The van der Waals surface area contributed by atoms with Crippen molar-refractivity contribution in [3.05, 3.63) is 76.7 Å². The Morgan fingerprint density at radius 1 is 1.26 bits per heavy atom. The molecule has 3 aromatic rings. The van der Waals surface area contributed by atoms with Gasteiger partial charge in [-0.05, 0) is 29.8 Å². The molecule has 1 N–H and O–H groups in total. The van der Waals surface area contributed by atoms with Crippen molar-refractivity contribution < 1.29 is 4.74 Å². The van der Waals surface area contributed by atoms with Gasteiger partial charge in [-0.15, -0.1) is 0 Å².